The smallest absolute Gasteiger partial charge is 0.274 e. The molecule has 3 heterocycles. The number of ether oxygens (including phenoxy) is 1. The number of hydrogen-bond donors (Lipinski definition) is 3. The van der Waals surface area contributed by atoms with E-state index in [-0.39, 0.29) is 17.8 Å². The predicted molar refractivity (Wildman–Crippen MR) is 116 cm³/mol. The van der Waals surface area contributed by atoms with Crippen molar-refractivity contribution in [3.05, 3.63) is 77.5 Å². The number of halogens is 3. The van der Waals surface area contributed by atoms with E-state index in [9.17, 15) is 28.2 Å². The summed E-state index contributed by atoms with van der Waals surface area (Å²) >= 11 is 0. The lowest BCUT2D eigenvalue weighted by molar-refractivity contribution is -0.215. The molecule has 0 spiro atoms. The Morgan fingerprint density at radius 2 is 1.85 bits per heavy atom. The molecule has 0 radical (unpaired) electrons. The lowest BCUT2D eigenvalue weighted by Crippen LogP contribution is -2.54. The summed E-state index contributed by atoms with van der Waals surface area (Å²) in [5.74, 6) is -3.80. The molecule has 1 saturated heterocycles. The number of pyridine rings is 2. The molecule has 3 aromatic rings. The maximum atomic E-state index is 14.4. The van der Waals surface area contributed by atoms with Gasteiger partial charge in [0.1, 0.15) is 34.4 Å². The van der Waals surface area contributed by atoms with Gasteiger partial charge in [-0.2, -0.15) is 0 Å². The Bertz CT molecular complexity index is 1200. The summed E-state index contributed by atoms with van der Waals surface area (Å²) in [5, 5.41) is 23.3. The van der Waals surface area contributed by atoms with E-state index in [2.05, 4.69) is 15.3 Å². The van der Waals surface area contributed by atoms with Crippen molar-refractivity contribution >= 4 is 11.6 Å². The second kappa shape index (κ2) is 9.13. The second-order valence-electron chi connectivity index (χ2n) is 8.28. The maximum Gasteiger partial charge on any atom is 0.274 e. The average molecular weight is 473 g/mol. The number of carbonyl (C=O) groups excluding carboxylic acids is 1. The van der Waals surface area contributed by atoms with Crippen LogP contribution in [0.3, 0.4) is 0 Å². The highest BCUT2D eigenvalue weighted by Gasteiger charge is 2.44. The molecule has 178 valence electrons. The molecular weight excluding hydrogens is 451 g/mol. The quantitative estimate of drug-likeness (QED) is 0.533. The fraction of sp³-hybridized carbons (Fsp3) is 0.292. The summed E-state index contributed by atoms with van der Waals surface area (Å²) in [6.07, 6.45) is 0.474. The predicted octanol–water partition coefficient (Wildman–Crippen LogP) is 3.78. The first-order valence-corrected chi connectivity index (χ1v) is 10.5. The van der Waals surface area contributed by atoms with Crippen LogP contribution in [0.1, 0.15) is 42.4 Å². The zero-order chi connectivity index (χ0) is 24.6. The number of aliphatic hydroxyl groups is 2. The Morgan fingerprint density at radius 3 is 2.53 bits per heavy atom. The summed E-state index contributed by atoms with van der Waals surface area (Å²) in [7, 11) is 0. The molecule has 1 aliphatic heterocycles. The summed E-state index contributed by atoms with van der Waals surface area (Å²) < 4.78 is 48.5. The second-order valence-corrected chi connectivity index (χ2v) is 8.28. The third-order valence-electron chi connectivity index (χ3n) is 6.03. The van der Waals surface area contributed by atoms with Gasteiger partial charge in [0.2, 0.25) is 0 Å². The molecule has 0 aliphatic carbocycles. The van der Waals surface area contributed by atoms with Gasteiger partial charge in [0.15, 0.2) is 0 Å². The van der Waals surface area contributed by atoms with Crippen LogP contribution in [-0.4, -0.2) is 43.9 Å². The third-order valence-corrected chi connectivity index (χ3v) is 6.03. The van der Waals surface area contributed by atoms with Gasteiger partial charge in [0.25, 0.3) is 5.91 Å². The van der Waals surface area contributed by atoms with Crippen molar-refractivity contribution in [2.24, 2.45) is 0 Å². The van der Waals surface area contributed by atoms with E-state index in [0.29, 0.717) is 5.56 Å². The van der Waals surface area contributed by atoms with Crippen LogP contribution in [-0.2, 0) is 4.74 Å². The van der Waals surface area contributed by atoms with Crippen molar-refractivity contribution in [3.63, 3.8) is 0 Å². The lowest BCUT2D eigenvalue weighted by atomic mass is 9.84. The summed E-state index contributed by atoms with van der Waals surface area (Å²) in [6.45, 7) is 3.10. The first-order valence-electron chi connectivity index (χ1n) is 10.5. The minimum absolute atomic E-state index is 0.0652. The number of benzene rings is 1. The SMILES string of the molecule is C[C@H]1O[C@@H](c2ccncc2NC(=O)c2ccc(F)c(-c3c(F)cccc3F)n2)C[C@@H](O)[C@]1(C)O. The van der Waals surface area contributed by atoms with E-state index in [4.69, 9.17) is 4.74 Å². The number of aromatic nitrogens is 2. The zero-order valence-electron chi connectivity index (χ0n) is 18.3. The highest BCUT2D eigenvalue weighted by atomic mass is 19.1. The van der Waals surface area contributed by atoms with Gasteiger partial charge in [0, 0.05) is 18.2 Å². The van der Waals surface area contributed by atoms with Gasteiger partial charge in [0.05, 0.1) is 35.8 Å². The van der Waals surface area contributed by atoms with E-state index in [0.717, 1.165) is 30.3 Å². The van der Waals surface area contributed by atoms with Crippen LogP contribution in [0.15, 0.2) is 48.8 Å². The first-order chi connectivity index (χ1) is 16.1. The average Bonchev–Trinajstić information content (AvgIpc) is 2.79. The van der Waals surface area contributed by atoms with Crippen molar-refractivity contribution in [2.75, 3.05) is 5.32 Å². The van der Waals surface area contributed by atoms with Gasteiger partial charge in [-0.3, -0.25) is 9.78 Å². The minimum Gasteiger partial charge on any atom is -0.390 e. The van der Waals surface area contributed by atoms with Gasteiger partial charge in [-0.1, -0.05) is 6.07 Å². The van der Waals surface area contributed by atoms with Crippen LogP contribution in [0.4, 0.5) is 18.9 Å². The van der Waals surface area contributed by atoms with Gasteiger partial charge < -0.3 is 20.3 Å². The van der Waals surface area contributed by atoms with E-state index >= 15 is 0 Å². The number of anilines is 1. The van der Waals surface area contributed by atoms with Crippen molar-refractivity contribution in [2.45, 2.75) is 44.2 Å². The van der Waals surface area contributed by atoms with E-state index < -0.39 is 58.5 Å². The molecule has 4 atom stereocenters. The number of aliphatic hydroxyl groups excluding tert-OH is 1. The van der Waals surface area contributed by atoms with Crippen molar-refractivity contribution < 1.29 is 32.9 Å². The molecule has 0 bridgehead atoms. The van der Waals surface area contributed by atoms with Gasteiger partial charge in [-0.15, -0.1) is 0 Å². The molecular formula is C24H22F3N3O4. The van der Waals surface area contributed by atoms with Gasteiger partial charge in [-0.05, 0) is 44.2 Å². The number of nitrogens with one attached hydrogen (secondary N) is 1. The first kappa shape index (κ1) is 23.8. The molecule has 4 rings (SSSR count). The highest BCUT2D eigenvalue weighted by molar-refractivity contribution is 6.03. The number of amides is 1. The van der Waals surface area contributed by atoms with Crippen LogP contribution in [0, 0.1) is 17.5 Å². The highest BCUT2D eigenvalue weighted by Crippen LogP contribution is 2.39. The molecule has 0 saturated carbocycles. The molecule has 10 heteroatoms. The number of nitrogens with zero attached hydrogens (tertiary/aromatic N) is 2. The molecule has 3 N–H and O–H groups in total. The molecule has 1 aromatic carbocycles. The van der Waals surface area contributed by atoms with Crippen LogP contribution >= 0.6 is 0 Å². The Morgan fingerprint density at radius 1 is 1.15 bits per heavy atom. The van der Waals surface area contributed by atoms with E-state index in [1.54, 1.807) is 13.0 Å². The molecule has 1 aliphatic rings. The Balaban J connectivity index is 1.63. The van der Waals surface area contributed by atoms with Crippen molar-refractivity contribution in [1.29, 1.82) is 0 Å². The largest absolute Gasteiger partial charge is 0.390 e. The van der Waals surface area contributed by atoms with Crippen LogP contribution in [0.25, 0.3) is 11.3 Å². The molecule has 34 heavy (non-hydrogen) atoms. The number of hydrogen-bond acceptors (Lipinski definition) is 6. The molecule has 1 amide bonds. The number of rotatable bonds is 4. The zero-order valence-corrected chi connectivity index (χ0v) is 18.3. The third kappa shape index (κ3) is 4.39. The Labute approximate surface area is 193 Å². The molecule has 2 aromatic heterocycles. The Hall–Kier alpha value is -3.34. The van der Waals surface area contributed by atoms with Crippen LogP contribution < -0.4 is 5.32 Å². The number of carbonyl (C=O) groups is 1. The van der Waals surface area contributed by atoms with Gasteiger partial charge in [-0.25, -0.2) is 18.2 Å². The van der Waals surface area contributed by atoms with Crippen LogP contribution in [0.2, 0.25) is 0 Å². The van der Waals surface area contributed by atoms with E-state index in [1.807, 2.05) is 0 Å². The van der Waals surface area contributed by atoms with Gasteiger partial charge >= 0.3 is 0 Å². The summed E-state index contributed by atoms with van der Waals surface area (Å²) in [6, 6.07) is 6.64. The maximum absolute atomic E-state index is 14.4. The molecule has 0 unspecified atom stereocenters. The van der Waals surface area contributed by atoms with Crippen molar-refractivity contribution in [3.8, 4) is 11.3 Å². The van der Waals surface area contributed by atoms with E-state index in [1.165, 1.54) is 19.3 Å². The minimum atomic E-state index is -1.44. The molecule has 1 fully saturated rings. The Kier molecular flexibility index (Phi) is 6.39. The fourth-order valence-electron chi connectivity index (χ4n) is 3.80. The van der Waals surface area contributed by atoms with Crippen molar-refractivity contribution in [1.82, 2.24) is 9.97 Å². The monoisotopic (exact) mass is 473 g/mol. The normalized spacial score (nSPS) is 24.6. The lowest BCUT2D eigenvalue weighted by Gasteiger charge is -2.43. The molecule has 7 nitrogen and oxygen atoms in total. The topological polar surface area (TPSA) is 105 Å². The van der Waals surface area contributed by atoms with Crippen LogP contribution in [0.5, 0.6) is 0 Å². The summed E-state index contributed by atoms with van der Waals surface area (Å²) in [5.41, 5.74) is -2.31. The summed E-state index contributed by atoms with van der Waals surface area (Å²) in [4.78, 5) is 20.8. The standard InChI is InChI=1S/C24H22F3N3O4/c1-12-24(2,33)20(31)10-19(34-12)13-8-9-28-11-18(13)30-23(32)17-7-6-16(27)22(29-17)21-14(25)4-3-5-15(21)26/h3-9,11-12,19-20,31,33H,10H2,1-2H3,(H,30,32)/t12-,19-,20-,24-/m1/s1. The fourth-order valence-corrected chi connectivity index (χ4v) is 3.80.